The zero-order chi connectivity index (χ0) is 14.5. The summed E-state index contributed by atoms with van der Waals surface area (Å²) >= 11 is 9.51. The third-order valence-corrected chi connectivity index (χ3v) is 4.76. The molecule has 0 aromatic heterocycles. The SMILES string of the molecule is CNCC1CCCN1C(=O)CCc1cc(Cl)ccc1Br.Cl. The van der Waals surface area contributed by atoms with Gasteiger partial charge in [0.1, 0.15) is 0 Å². The van der Waals surface area contributed by atoms with Gasteiger partial charge in [0.05, 0.1) is 0 Å². The highest BCUT2D eigenvalue weighted by Gasteiger charge is 2.27. The Morgan fingerprint density at radius 2 is 2.29 bits per heavy atom. The van der Waals surface area contributed by atoms with Crippen LogP contribution in [-0.2, 0) is 11.2 Å². The average molecular weight is 396 g/mol. The van der Waals surface area contributed by atoms with Gasteiger partial charge in [-0.1, -0.05) is 27.5 Å². The Hall–Kier alpha value is -0.290. The molecule has 0 bridgehead atoms. The fraction of sp³-hybridized carbons (Fsp3) is 0.533. The Kier molecular flexibility index (Phi) is 8.03. The van der Waals surface area contributed by atoms with Crippen LogP contribution in [0.15, 0.2) is 22.7 Å². The first kappa shape index (κ1) is 18.8. The number of hydrogen-bond acceptors (Lipinski definition) is 2. The van der Waals surface area contributed by atoms with E-state index in [4.69, 9.17) is 11.6 Å². The van der Waals surface area contributed by atoms with E-state index in [1.807, 2.05) is 30.1 Å². The van der Waals surface area contributed by atoms with Gasteiger partial charge in [-0.15, -0.1) is 12.4 Å². The quantitative estimate of drug-likeness (QED) is 0.824. The lowest BCUT2D eigenvalue weighted by atomic mass is 10.1. The Balaban J connectivity index is 0.00000220. The summed E-state index contributed by atoms with van der Waals surface area (Å²) in [7, 11) is 1.93. The van der Waals surface area contributed by atoms with Gasteiger partial charge in [-0.25, -0.2) is 0 Å². The first-order valence-corrected chi connectivity index (χ1v) is 8.17. The van der Waals surface area contributed by atoms with Gasteiger partial charge < -0.3 is 10.2 Å². The van der Waals surface area contributed by atoms with Crippen LogP contribution in [0.1, 0.15) is 24.8 Å². The van der Waals surface area contributed by atoms with Crippen molar-refractivity contribution in [3.63, 3.8) is 0 Å². The molecule has 1 aliphatic heterocycles. The van der Waals surface area contributed by atoms with E-state index in [1.54, 1.807) is 0 Å². The zero-order valence-corrected chi connectivity index (χ0v) is 15.2. The number of carbonyl (C=O) groups excluding carboxylic acids is 1. The predicted molar refractivity (Wildman–Crippen MR) is 93.4 cm³/mol. The van der Waals surface area contributed by atoms with Crippen LogP contribution in [0.5, 0.6) is 0 Å². The topological polar surface area (TPSA) is 32.3 Å². The minimum atomic E-state index is 0. The highest BCUT2D eigenvalue weighted by Crippen LogP contribution is 2.24. The van der Waals surface area contributed by atoms with E-state index < -0.39 is 0 Å². The van der Waals surface area contributed by atoms with Gasteiger partial charge in [0.2, 0.25) is 5.91 Å². The lowest BCUT2D eigenvalue weighted by molar-refractivity contribution is -0.131. The van der Waals surface area contributed by atoms with Crippen LogP contribution in [0.25, 0.3) is 0 Å². The van der Waals surface area contributed by atoms with Crippen LogP contribution in [-0.4, -0.2) is 37.0 Å². The first-order valence-electron chi connectivity index (χ1n) is 7.00. The largest absolute Gasteiger partial charge is 0.338 e. The van der Waals surface area contributed by atoms with Gasteiger partial charge in [-0.2, -0.15) is 0 Å². The first-order chi connectivity index (χ1) is 9.61. The number of nitrogens with zero attached hydrogens (tertiary/aromatic N) is 1. The molecule has 1 aromatic carbocycles. The number of carbonyl (C=O) groups is 1. The molecule has 6 heteroatoms. The molecule has 2 rings (SSSR count). The highest BCUT2D eigenvalue weighted by atomic mass is 79.9. The number of halogens is 3. The molecule has 1 N–H and O–H groups in total. The van der Waals surface area contributed by atoms with Crippen molar-refractivity contribution in [2.75, 3.05) is 20.1 Å². The third-order valence-electron chi connectivity index (χ3n) is 3.75. The van der Waals surface area contributed by atoms with Crippen molar-refractivity contribution < 1.29 is 4.79 Å². The lowest BCUT2D eigenvalue weighted by Gasteiger charge is -2.24. The minimum absolute atomic E-state index is 0. The Labute approximate surface area is 146 Å². The fourth-order valence-corrected chi connectivity index (χ4v) is 3.37. The molecule has 1 aliphatic rings. The molecule has 0 spiro atoms. The van der Waals surface area contributed by atoms with Gasteiger partial charge in [-0.3, -0.25) is 4.79 Å². The van der Waals surface area contributed by atoms with Gasteiger partial charge in [0.25, 0.3) is 0 Å². The summed E-state index contributed by atoms with van der Waals surface area (Å²) in [4.78, 5) is 14.4. The van der Waals surface area contributed by atoms with Crippen molar-refractivity contribution in [1.82, 2.24) is 10.2 Å². The van der Waals surface area contributed by atoms with Gasteiger partial charge in [0, 0.05) is 35.0 Å². The second-order valence-electron chi connectivity index (χ2n) is 5.18. The molecule has 1 atom stereocenters. The van der Waals surface area contributed by atoms with E-state index in [0.717, 1.165) is 42.4 Å². The molecule has 3 nitrogen and oxygen atoms in total. The Bertz CT molecular complexity index is 485. The maximum absolute atomic E-state index is 12.3. The summed E-state index contributed by atoms with van der Waals surface area (Å²) in [6.07, 6.45) is 3.48. The number of likely N-dealkylation sites (tertiary alicyclic amines) is 1. The smallest absolute Gasteiger partial charge is 0.223 e. The number of hydrogen-bond donors (Lipinski definition) is 1. The normalized spacial score (nSPS) is 17.7. The number of benzene rings is 1. The molecule has 118 valence electrons. The molecular formula is C15H21BrCl2N2O. The van der Waals surface area contributed by atoms with E-state index in [0.29, 0.717) is 17.5 Å². The van der Waals surface area contributed by atoms with Gasteiger partial charge >= 0.3 is 0 Å². The summed E-state index contributed by atoms with van der Waals surface area (Å²) in [5, 5.41) is 3.88. The number of amides is 1. The summed E-state index contributed by atoms with van der Waals surface area (Å²) in [6.45, 7) is 1.77. The summed E-state index contributed by atoms with van der Waals surface area (Å²) in [6, 6.07) is 6.06. The maximum Gasteiger partial charge on any atom is 0.223 e. The fourth-order valence-electron chi connectivity index (χ4n) is 2.73. The molecule has 1 unspecified atom stereocenters. The monoisotopic (exact) mass is 394 g/mol. The van der Waals surface area contributed by atoms with E-state index >= 15 is 0 Å². The molecule has 1 heterocycles. The summed E-state index contributed by atoms with van der Waals surface area (Å²) in [5.74, 6) is 0.245. The second kappa shape index (κ2) is 8.99. The molecule has 1 amide bonds. The minimum Gasteiger partial charge on any atom is -0.338 e. The van der Waals surface area contributed by atoms with Crippen LogP contribution in [0.4, 0.5) is 0 Å². The standard InChI is InChI=1S/C15H20BrClN2O.ClH/c1-18-10-13-3-2-8-19(13)15(20)7-4-11-9-12(17)5-6-14(11)16;/h5-6,9,13,18H,2-4,7-8,10H2,1H3;1H. The van der Waals surface area contributed by atoms with Crippen molar-refractivity contribution in [2.24, 2.45) is 0 Å². The van der Waals surface area contributed by atoms with E-state index in [-0.39, 0.29) is 18.3 Å². The third kappa shape index (κ3) is 5.13. The van der Waals surface area contributed by atoms with Crippen molar-refractivity contribution in [3.05, 3.63) is 33.3 Å². The number of nitrogens with one attached hydrogen (secondary N) is 1. The molecule has 1 fully saturated rings. The number of likely N-dealkylation sites (N-methyl/N-ethyl adjacent to an activating group) is 1. The predicted octanol–water partition coefficient (Wildman–Crippen LogP) is 3.67. The molecule has 0 aliphatic carbocycles. The Morgan fingerprint density at radius 1 is 1.52 bits per heavy atom. The van der Waals surface area contributed by atoms with E-state index in [1.165, 1.54) is 0 Å². The zero-order valence-electron chi connectivity index (χ0n) is 12.1. The second-order valence-corrected chi connectivity index (χ2v) is 6.47. The van der Waals surface area contributed by atoms with Crippen molar-refractivity contribution in [2.45, 2.75) is 31.7 Å². The van der Waals surface area contributed by atoms with Crippen molar-refractivity contribution >= 4 is 45.8 Å². The molecule has 1 aromatic rings. The van der Waals surface area contributed by atoms with Crippen LogP contribution >= 0.6 is 39.9 Å². The number of aryl methyl sites for hydroxylation is 1. The van der Waals surface area contributed by atoms with Crippen LogP contribution in [0.2, 0.25) is 5.02 Å². The van der Waals surface area contributed by atoms with Gasteiger partial charge in [0.15, 0.2) is 0 Å². The summed E-state index contributed by atoms with van der Waals surface area (Å²) < 4.78 is 1.02. The molecule has 1 saturated heterocycles. The average Bonchev–Trinajstić information content (AvgIpc) is 2.88. The number of rotatable bonds is 5. The molecule has 0 saturated carbocycles. The molecule has 21 heavy (non-hydrogen) atoms. The van der Waals surface area contributed by atoms with Crippen LogP contribution in [0.3, 0.4) is 0 Å². The van der Waals surface area contributed by atoms with Crippen LogP contribution in [0, 0.1) is 0 Å². The molecular weight excluding hydrogens is 375 g/mol. The maximum atomic E-state index is 12.3. The summed E-state index contributed by atoms with van der Waals surface area (Å²) in [5.41, 5.74) is 1.09. The lowest BCUT2D eigenvalue weighted by Crippen LogP contribution is -2.40. The van der Waals surface area contributed by atoms with Crippen LogP contribution < -0.4 is 5.32 Å². The van der Waals surface area contributed by atoms with Crippen molar-refractivity contribution in [1.29, 1.82) is 0 Å². The van der Waals surface area contributed by atoms with E-state index in [2.05, 4.69) is 21.2 Å². The molecule has 0 radical (unpaired) electrons. The highest BCUT2D eigenvalue weighted by molar-refractivity contribution is 9.10. The Morgan fingerprint density at radius 3 is 3.00 bits per heavy atom. The van der Waals surface area contributed by atoms with E-state index in [9.17, 15) is 4.79 Å². The van der Waals surface area contributed by atoms with Crippen molar-refractivity contribution in [3.8, 4) is 0 Å². The van der Waals surface area contributed by atoms with Gasteiger partial charge in [-0.05, 0) is 50.1 Å².